The summed E-state index contributed by atoms with van der Waals surface area (Å²) in [5.74, 6) is -2.68. The molecule has 0 aliphatic heterocycles. The molecule has 0 aromatic carbocycles. The molecular formula is C18H34N4O10. The first-order valence-electron chi connectivity index (χ1n) is 9.62. The molecule has 14 nitrogen and oxygen atoms in total. The van der Waals surface area contributed by atoms with E-state index in [-0.39, 0.29) is 33.2 Å². The van der Waals surface area contributed by atoms with E-state index in [1.807, 2.05) is 0 Å². The molecule has 4 amide bonds. The van der Waals surface area contributed by atoms with Crippen LogP contribution in [0.25, 0.3) is 0 Å². The van der Waals surface area contributed by atoms with Gasteiger partial charge in [0.1, 0.15) is 19.9 Å². The molecule has 0 aromatic heterocycles. The number of aliphatic hydroxyl groups excluding tert-OH is 2. The van der Waals surface area contributed by atoms with Crippen molar-refractivity contribution in [1.29, 1.82) is 0 Å². The molecule has 0 aliphatic carbocycles. The lowest BCUT2D eigenvalue weighted by atomic mass is 10.3. The van der Waals surface area contributed by atoms with Crippen LogP contribution in [0.15, 0.2) is 0 Å². The van der Waals surface area contributed by atoms with E-state index >= 15 is 0 Å². The maximum Gasteiger partial charge on any atom is 0.245 e. The Kier molecular flexibility index (Phi) is 16.0. The molecule has 0 spiro atoms. The summed E-state index contributed by atoms with van der Waals surface area (Å²) in [5, 5.41) is 24.2. The second-order valence-corrected chi connectivity index (χ2v) is 6.59. The van der Waals surface area contributed by atoms with Gasteiger partial charge in [-0.05, 0) is 0 Å². The first-order valence-corrected chi connectivity index (χ1v) is 9.62. The molecule has 0 fully saturated rings. The standard InChI is InChI=1S/C18H34N4O10/c1-29-9-13(23)8-21(11-31-3)16(26)6-19-14(24)5-15(25)20-7-17(27)22(12-32-4)18(28)10-30-2/h13,18,23,28H,5-12H2,1-4H3,(H,19,24)(H,20,25). The van der Waals surface area contributed by atoms with Crippen LogP contribution in [0.1, 0.15) is 6.42 Å². The highest BCUT2D eigenvalue weighted by Gasteiger charge is 2.23. The molecule has 0 saturated heterocycles. The Balaban J connectivity index is 4.50. The number of carbonyl (C=O) groups is 4. The summed E-state index contributed by atoms with van der Waals surface area (Å²) in [7, 11) is 5.45. The van der Waals surface area contributed by atoms with E-state index in [9.17, 15) is 29.4 Å². The van der Waals surface area contributed by atoms with E-state index in [2.05, 4.69) is 10.6 Å². The fraction of sp³-hybridized carbons (Fsp3) is 0.778. The second kappa shape index (κ2) is 17.2. The third-order valence-corrected chi connectivity index (χ3v) is 3.89. The zero-order chi connectivity index (χ0) is 24.5. The molecule has 0 aromatic rings. The monoisotopic (exact) mass is 466 g/mol. The van der Waals surface area contributed by atoms with Crippen LogP contribution >= 0.6 is 0 Å². The first kappa shape index (κ1) is 29.6. The molecule has 0 bridgehead atoms. The van der Waals surface area contributed by atoms with Crippen LogP contribution in [0.2, 0.25) is 0 Å². The number of aliphatic hydroxyl groups is 2. The van der Waals surface area contributed by atoms with Crippen LogP contribution in [-0.2, 0) is 38.1 Å². The van der Waals surface area contributed by atoms with Crippen LogP contribution in [0.5, 0.6) is 0 Å². The Morgan fingerprint density at radius 1 is 0.781 bits per heavy atom. The van der Waals surface area contributed by atoms with Gasteiger partial charge in [-0.1, -0.05) is 0 Å². The summed E-state index contributed by atoms with van der Waals surface area (Å²) in [5.41, 5.74) is 0. The maximum absolute atomic E-state index is 12.2. The van der Waals surface area contributed by atoms with Crippen LogP contribution in [0.3, 0.4) is 0 Å². The summed E-state index contributed by atoms with van der Waals surface area (Å²) in [6.07, 6.45) is -2.82. The highest BCUT2D eigenvalue weighted by Crippen LogP contribution is 1.99. The Morgan fingerprint density at radius 2 is 1.31 bits per heavy atom. The Hall–Kier alpha value is -2.36. The van der Waals surface area contributed by atoms with E-state index in [4.69, 9.17) is 18.9 Å². The zero-order valence-electron chi connectivity index (χ0n) is 18.9. The van der Waals surface area contributed by atoms with Gasteiger partial charge in [0.2, 0.25) is 23.6 Å². The van der Waals surface area contributed by atoms with E-state index in [1.165, 1.54) is 33.3 Å². The molecular weight excluding hydrogens is 432 g/mol. The van der Waals surface area contributed by atoms with Crippen LogP contribution in [0.4, 0.5) is 0 Å². The van der Waals surface area contributed by atoms with Crippen LogP contribution < -0.4 is 10.6 Å². The van der Waals surface area contributed by atoms with Crippen molar-refractivity contribution in [1.82, 2.24) is 20.4 Å². The molecule has 4 N–H and O–H groups in total. The van der Waals surface area contributed by atoms with Crippen molar-refractivity contribution in [2.75, 3.05) is 74.7 Å². The van der Waals surface area contributed by atoms with Crippen molar-refractivity contribution in [3.63, 3.8) is 0 Å². The minimum atomic E-state index is -1.27. The highest BCUT2D eigenvalue weighted by atomic mass is 16.5. The van der Waals surface area contributed by atoms with E-state index in [0.717, 1.165) is 4.90 Å². The van der Waals surface area contributed by atoms with Crippen molar-refractivity contribution in [3.8, 4) is 0 Å². The summed E-state index contributed by atoms with van der Waals surface area (Å²) < 4.78 is 19.3. The molecule has 186 valence electrons. The van der Waals surface area contributed by atoms with Gasteiger partial charge in [-0.15, -0.1) is 0 Å². The van der Waals surface area contributed by atoms with E-state index in [0.29, 0.717) is 0 Å². The second-order valence-electron chi connectivity index (χ2n) is 6.59. The number of carbonyl (C=O) groups excluding carboxylic acids is 4. The third-order valence-electron chi connectivity index (χ3n) is 3.89. The number of methoxy groups -OCH3 is 4. The minimum Gasteiger partial charge on any atom is -0.389 e. The van der Waals surface area contributed by atoms with Gasteiger partial charge in [-0.3, -0.25) is 24.1 Å². The smallest absolute Gasteiger partial charge is 0.245 e. The van der Waals surface area contributed by atoms with Crippen molar-refractivity contribution in [3.05, 3.63) is 0 Å². The SMILES string of the molecule is COCC(O)CN(COC)C(=O)CNC(=O)CC(=O)NCC(=O)N(COC)C(O)COC. The van der Waals surface area contributed by atoms with Gasteiger partial charge in [0.15, 0.2) is 6.23 Å². The molecule has 14 heteroatoms. The topological polar surface area (TPSA) is 176 Å². The predicted octanol–water partition coefficient (Wildman–Crippen LogP) is -3.55. The first-order chi connectivity index (χ1) is 15.2. The largest absolute Gasteiger partial charge is 0.389 e. The Labute approximate surface area is 186 Å². The number of ether oxygens (including phenoxy) is 4. The average molecular weight is 466 g/mol. The normalized spacial score (nSPS) is 12.6. The van der Waals surface area contributed by atoms with Gasteiger partial charge in [-0.2, -0.15) is 0 Å². The molecule has 0 heterocycles. The quantitative estimate of drug-likeness (QED) is 0.124. The lowest BCUT2D eigenvalue weighted by Gasteiger charge is -2.26. The van der Waals surface area contributed by atoms with Crippen molar-refractivity contribution in [2.24, 2.45) is 0 Å². The van der Waals surface area contributed by atoms with Gasteiger partial charge < -0.3 is 44.7 Å². The minimum absolute atomic E-state index is 0.0169. The maximum atomic E-state index is 12.2. The van der Waals surface area contributed by atoms with Crippen molar-refractivity contribution >= 4 is 23.6 Å². The molecule has 2 atom stereocenters. The van der Waals surface area contributed by atoms with Crippen LogP contribution in [0, 0.1) is 0 Å². The van der Waals surface area contributed by atoms with E-state index < -0.39 is 55.5 Å². The molecule has 0 radical (unpaired) electrons. The number of nitrogens with zero attached hydrogens (tertiary/aromatic N) is 2. The molecule has 0 saturated carbocycles. The van der Waals surface area contributed by atoms with E-state index in [1.54, 1.807) is 0 Å². The number of hydrogen-bond donors (Lipinski definition) is 4. The molecule has 2 unspecified atom stereocenters. The number of rotatable bonds is 17. The molecule has 0 aliphatic rings. The summed E-state index contributed by atoms with van der Waals surface area (Å²) in [6.45, 7) is -1.42. The average Bonchev–Trinajstić information content (AvgIpc) is 2.74. The Bertz CT molecular complexity index is 592. The van der Waals surface area contributed by atoms with Gasteiger partial charge in [0.25, 0.3) is 0 Å². The lowest BCUT2D eigenvalue weighted by Crippen LogP contribution is -2.48. The summed E-state index contributed by atoms with van der Waals surface area (Å²) in [6, 6.07) is 0. The number of hydrogen-bond acceptors (Lipinski definition) is 10. The summed E-state index contributed by atoms with van der Waals surface area (Å²) in [4.78, 5) is 50.3. The zero-order valence-corrected chi connectivity index (χ0v) is 18.9. The number of amides is 4. The fourth-order valence-corrected chi connectivity index (χ4v) is 2.42. The predicted molar refractivity (Wildman–Crippen MR) is 109 cm³/mol. The summed E-state index contributed by atoms with van der Waals surface area (Å²) >= 11 is 0. The van der Waals surface area contributed by atoms with Gasteiger partial charge in [-0.25, -0.2) is 0 Å². The van der Waals surface area contributed by atoms with Crippen LogP contribution in [-0.4, -0.2) is 131 Å². The Morgan fingerprint density at radius 3 is 1.81 bits per heavy atom. The molecule has 0 rings (SSSR count). The number of nitrogens with one attached hydrogen (secondary N) is 2. The lowest BCUT2D eigenvalue weighted by molar-refractivity contribution is -0.154. The van der Waals surface area contributed by atoms with Crippen molar-refractivity contribution < 1.29 is 48.3 Å². The fourth-order valence-electron chi connectivity index (χ4n) is 2.42. The van der Waals surface area contributed by atoms with Gasteiger partial charge >= 0.3 is 0 Å². The highest BCUT2D eigenvalue weighted by molar-refractivity contribution is 5.99. The third kappa shape index (κ3) is 12.5. The van der Waals surface area contributed by atoms with Gasteiger partial charge in [0.05, 0.1) is 39.0 Å². The van der Waals surface area contributed by atoms with Crippen molar-refractivity contribution in [2.45, 2.75) is 18.8 Å². The molecule has 32 heavy (non-hydrogen) atoms. The van der Waals surface area contributed by atoms with Gasteiger partial charge in [0, 0.05) is 28.4 Å².